The zero-order valence-corrected chi connectivity index (χ0v) is 7.14. The number of aliphatic imine (C=N–C) groups is 1. The Hall–Kier alpha value is -0.570. The van der Waals surface area contributed by atoms with Crippen molar-refractivity contribution in [1.82, 2.24) is 5.32 Å². The first kappa shape index (κ1) is 8.53. The van der Waals surface area contributed by atoms with Crippen molar-refractivity contribution in [1.29, 1.82) is 0 Å². The van der Waals surface area contributed by atoms with Gasteiger partial charge in [0.15, 0.2) is 0 Å². The van der Waals surface area contributed by atoms with Crippen LogP contribution in [-0.4, -0.2) is 25.0 Å². The number of unbranched alkanes of at least 4 members (excludes halogenated alkanes) is 1. The lowest BCUT2D eigenvalue weighted by Crippen LogP contribution is -2.37. The highest BCUT2D eigenvalue weighted by Crippen LogP contribution is 2.00. The van der Waals surface area contributed by atoms with E-state index in [-0.39, 0.29) is 6.04 Å². The van der Waals surface area contributed by atoms with E-state index in [1.54, 1.807) is 0 Å². The Kier molecular flexibility index (Phi) is 3.36. The number of rotatable bonds is 4. The minimum atomic E-state index is 0.150. The van der Waals surface area contributed by atoms with E-state index in [4.69, 9.17) is 5.73 Å². The van der Waals surface area contributed by atoms with Crippen LogP contribution < -0.4 is 11.1 Å². The van der Waals surface area contributed by atoms with Crippen LogP contribution in [0.4, 0.5) is 0 Å². The summed E-state index contributed by atoms with van der Waals surface area (Å²) in [5.41, 5.74) is 5.87. The summed E-state index contributed by atoms with van der Waals surface area (Å²) in [5.74, 6) is 1.01. The molecule has 1 heterocycles. The highest BCUT2D eigenvalue weighted by atomic mass is 15.1. The van der Waals surface area contributed by atoms with Gasteiger partial charge in [0.2, 0.25) is 0 Å². The monoisotopic (exact) mass is 155 g/mol. The summed E-state index contributed by atoms with van der Waals surface area (Å²) in [4.78, 5) is 4.27. The smallest absolute Gasteiger partial charge is 0.113 e. The van der Waals surface area contributed by atoms with Gasteiger partial charge in [-0.05, 0) is 6.42 Å². The summed E-state index contributed by atoms with van der Waals surface area (Å²) in [6, 6.07) is 0.150. The molecule has 1 aliphatic heterocycles. The molecule has 0 aromatic carbocycles. The fourth-order valence-corrected chi connectivity index (χ4v) is 1.23. The Balaban J connectivity index is 2.23. The minimum Gasteiger partial charge on any atom is -0.371 e. The van der Waals surface area contributed by atoms with Crippen LogP contribution in [0, 0.1) is 0 Å². The lowest BCUT2D eigenvalue weighted by molar-refractivity contribution is 0.667. The minimum absolute atomic E-state index is 0.150. The molecule has 0 radical (unpaired) electrons. The van der Waals surface area contributed by atoms with Crippen LogP contribution >= 0.6 is 0 Å². The number of amidine groups is 1. The Labute approximate surface area is 68.1 Å². The second kappa shape index (κ2) is 4.34. The molecule has 1 unspecified atom stereocenters. The SMILES string of the molecule is CCCCC(N)C1=NCCN1. The van der Waals surface area contributed by atoms with Gasteiger partial charge < -0.3 is 11.1 Å². The highest BCUT2D eigenvalue weighted by molar-refractivity contribution is 5.88. The van der Waals surface area contributed by atoms with E-state index < -0.39 is 0 Å². The largest absolute Gasteiger partial charge is 0.371 e. The van der Waals surface area contributed by atoms with Gasteiger partial charge in [-0.15, -0.1) is 0 Å². The predicted molar refractivity (Wildman–Crippen MR) is 47.8 cm³/mol. The van der Waals surface area contributed by atoms with Crippen LogP contribution in [0.3, 0.4) is 0 Å². The van der Waals surface area contributed by atoms with Crippen molar-refractivity contribution in [2.45, 2.75) is 32.2 Å². The lowest BCUT2D eigenvalue weighted by Gasteiger charge is -2.10. The molecule has 1 rings (SSSR count). The number of nitrogens with one attached hydrogen (secondary N) is 1. The van der Waals surface area contributed by atoms with Gasteiger partial charge in [0.25, 0.3) is 0 Å². The van der Waals surface area contributed by atoms with Crippen molar-refractivity contribution in [3.05, 3.63) is 0 Å². The average Bonchev–Trinajstić information content (AvgIpc) is 2.52. The van der Waals surface area contributed by atoms with E-state index in [1.165, 1.54) is 12.8 Å². The predicted octanol–water partition coefficient (Wildman–Crippen LogP) is 0.506. The second-order valence-electron chi connectivity index (χ2n) is 2.94. The maximum atomic E-state index is 5.87. The third kappa shape index (κ3) is 2.50. The molecule has 0 aromatic heterocycles. The van der Waals surface area contributed by atoms with Crippen molar-refractivity contribution in [3.8, 4) is 0 Å². The Morgan fingerprint density at radius 1 is 1.73 bits per heavy atom. The summed E-state index contributed by atoms with van der Waals surface area (Å²) >= 11 is 0. The molecule has 0 aromatic rings. The molecule has 64 valence electrons. The van der Waals surface area contributed by atoms with Crippen LogP contribution in [-0.2, 0) is 0 Å². The number of nitrogens with zero attached hydrogens (tertiary/aromatic N) is 1. The van der Waals surface area contributed by atoms with E-state index in [0.29, 0.717) is 0 Å². The van der Waals surface area contributed by atoms with E-state index in [0.717, 1.165) is 25.3 Å². The molecule has 11 heavy (non-hydrogen) atoms. The Morgan fingerprint density at radius 2 is 2.55 bits per heavy atom. The van der Waals surface area contributed by atoms with Crippen LogP contribution in [0.2, 0.25) is 0 Å². The molecule has 3 heteroatoms. The third-order valence-corrected chi connectivity index (χ3v) is 1.92. The van der Waals surface area contributed by atoms with Crippen LogP contribution in [0.25, 0.3) is 0 Å². The molecule has 0 spiro atoms. The van der Waals surface area contributed by atoms with Crippen LogP contribution in [0.5, 0.6) is 0 Å². The third-order valence-electron chi connectivity index (χ3n) is 1.92. The molecule has 3 N–H and O–H groups in total. The van der Waals surface area contributed by atoms with Gasteiger partial charge in [0.05, 0.1) is 12.6 Å². The van der Waals surface area contributed by atoms with E-state index in [2.05, 4.69) is 17.2 Å². The Morgan fingerprint density at radius 3 is 3.09 bits per heavy atom. The first-order chi connectivity index (χ1) is 5.34. The van der Waals surface area contributed by atoms with Crippen molar-refractivity contribution in [2.75, 3.05) is 13.1 Å². The molecular formula is C8H17N3. The van der Waals surface area contributed by atoms with Crippen LogP contribution in [0.15, 0.2) is 4.99 Å². The average molecular weight is 155 g/mol. The van der Waals surface area contributed by atoms with Gasteiger partial charge in [-0.1, -0.05) is 19.8 Å². The first-order valence-electron chi connectivity index (χ1n) is 4.38. The highest BCUT2D eigenvalue weighted by Gasteiger charge is 2.12. The van der Waals surface area contributed by atoms with Gasteiger partial charge in [-0.25, -0.2) is 0 Å². The maximum absolute atomic E-state index is 5.87. The van der Waals surface area contributed by atoms with Crippen molar-refractivity contribution in [2.24, 2.45) is 10.7 Å². The molecule has 0 saturated carbocycles. The molecule has 0 fully saturated rings. The summed E-state index contributed by atoms with van der Waals surface area (Å²) in [7, 11) is 0. The molecule has 0 aliphatic carbocycles. The molecule has 3 nitrogen and oxygen atoms in total. The number of hydrogen-bond acceptors (Lipinski definition) is 3. The lowest BCUT2D eigenvalue weighted by atomic mass is 10.1. The molecule has 1 atom stereocenters. The van der Waals surface area contributed by atoms with E-state index in [1.807, 2.05) is 0 Å². The summed E-state index contributed by atoms with van der Waals surface area (Å²) in [5, 5.41) is 3.19. The fraction of sp³-hybridized carbons (Fsp3) is 0.875. The molecule has 0 amide bonds. The van der Waals surface area contributed by atoms with E-state index >= 15 is 0 Å². The summed E-state index contributed by atoms with van der Waals surface area (Å²) < 4.78 is 0. The zero-order valence-electron chi connectivity index (χ0n) is 7.14. The molecule has 0 bridgehead atoms. The van der Waals surface area contributed by atoms with Gasteiger partial charge >= 0.3 is 0 Å². The topological polar surface area (TPSA) is 50.4 Å². The van der Waals surface area contributed by atoms with Gasteiger partial charge in [-0.3, -0.25) is 4.99 Å². The van der Waals surface area contributed by atoms with Gasteiger partial charge in [0.1, 0.15) is 5.84 Å². The first-order valence-corrected chi connectivity index (χ1v) is 4.38. The number of hydrogen-bond donors (Lipinski definition) is 2. The molecular weight excluding hydrogens is 138 g/mol. The second-order valence-corrected chi connectivity index (χ2v) is 2.94. The molecule has 0 saturated heterocycles. The van der Waals surface area contributed by atoms with Gasteiger partial charge in [-0.2, -0.15) is 0 Å². The fourth-order valence-electron chi connectivity index (χ4n) is 1.23. The number of nitrogens with two attached hydrogens (primary N) is 1. The summed E-state index contributed by atoms with van der Waals surface area (Å²) in [6.07, 6.45) is 3.46. The normalized spacial score (nSPS) is 19.3. The maximum Gasteiger partial charge on any atom is 0.113 e. The van der Waals surface area contributed by atoms with Gasteiger partial charge in [0, 0.05) is 6.54 Å². The van der Waals surface area contributed by atoms with Crippen molar-refractivity contribution < 1.29 is 0 Å². The van der Waals surface area contributed by atoms with Crippen molar-refractivity contribution >= 4 is 5.84 Å². The van der Waals surface area contributed by atoms with Crippen molar-refractivity contribution in [3.63, 3.8) is 0 Å². The molecule has 1 aliphatic rings. The van der Waals surface area contributed by atoms with Crippen LogP contribution in [0.1, 0.15) is 26.2 Å². The Bertz CT molecular complexity index is 142. The standard InChI is InChI=1S/C8H17N3/c1-2-3-4-7(9)8-10-5-6-11-8/h7H,2-6,9H2,1H3,(H,10,11). The van der Waals surface area contributed by atoms with E-state index in [9.17, 15) is 0 Å². The summed E-state index contributed by atoms with van der Waals surface area (Å²) in [6.45, 7) is 4.04. The zero-order chi connectivity index (χ0) is 8.10. The quantitative estimate of drug-likeness (QED) is 0.621.